The number of nitrogens with two attached hydrogens (primary N) is 2. The van der Waals surface area contributed by atoms with Gasteiger partial charge in [-0.1, -0.05) is 6.07 Å². The standard InChI is InChI=1S/C17H22N6O/c1-11-4-5-13(14(9-11)23-8-2-3-12(18)10-23)22-17(24)15-16(19)21-7-6-20-15/h4-7,9,12H,2-3,8,10,18H2,1H3,(H2,19,21)(H,22,24). The molecule has 1 aromatic heterocycles. The number of nitrogens with zero attached hydrogens (tertiary/aromatic N) is 3. The fourth-order valence-electron chi connectivity index (χ4n) is 2.94. The van der Waals surface area contributed by atoms with Crippen molar-refractivity contribution in [3.05, 3.63) is 41.9 Å². The number of rotatable bonds is 3. The Morgan fingerprint density at radius 1 is 1.33 bits per heavy atom. The lowest BCUT2D eigenvalue weighted by molar-refractivity contribution is 0.102. The van der Waals surface area contributed by atoms with E-state index in [1.165, 1.54) is 12.4 Å². The third-order valence-electron chi connectivity index (χ3n) is 4.14. The van der Waals surface area contributed by atoms with Crippen LogP contribution in [0.4, 0.5) is 17.2 Å². The van der Waals surface area contributed by atoms with Crippen LogP contribution in [0.15, 0.2) is 30.6 Å². The van der Waals surface area contributed by atoms with Crippen molar-refractivity contribution < 1.29 is 4.79 Å². The molecule has 0 saturated carbocycles. The van der Waals surface area contributed by atoms with Crippen molar-refractivity contribution in [3.63, 3.8) is 0 Å². The number of hydrogen-bond acceptors (Lipinski definition) is 6. The SMILES string of the molecule is Cc1ccc(NC(=O)c2nccnc2N)c(N2CCCC(N)C2)c1. The quantitative estimate of drug-likeness (QED) is 0.789. The maximum Gasteiger partial charge on any atom is 0.278 e. The number of nitrogens with one attached hydrogen (secondary N) is 1. The van der Waals surface area contributed by atoms with Crippen molar-refractivity contribution in [3.8, 4) is 0 Å². The summed E-state index contributed by atoms with van der Waals surface area (Å²) >= 11 is 0. The molecule has 24 heavy (non-hydrogen) atoms. The van der Waals surface area contributed by atoms with Crippen LogP contribution in [0.5, 0.6) is 0 Å². The highest BCUT2D eigenvalue weighted by Crippen LogP contribution is 2.30. The molecule has 5 N–H and O–H groups in total. The van der Waals surface area contributed by atoms with Crippen LogP contribution in [0.25, 0.3) is 0 Å². The Balaban J connectivity index is 1.88. The van der Waals surface area contributed by atoms with Gasteiger partial charge < -0.3 is 21.7 Å². The number of aryl methyl sites for hydroxylation is 1. The first kappa shape index (κ1) is 16.2. The average Bonchev–Trinajstić information content (AvgIpc) is 2.57. The van der Waals surface area contributed by atoms with E-state index >= 15 is 0 Å². The van der Waals surface area contributed by atoms with Gasteiger partial charge >= 0.3 is 0 Å². The Kier molecular flexibility index (Phi) is 4.61. The van der Waals surface area contributed by atoms with E-state index in [0.29, 0.717) is 0 Å². The minimum absolute atomic E-state index is 0.114. The zero-order valence-corrected chi connectivity index (χ0v) is 13.7. The fourth-order valence-corrected chi connectivity index (χ4v) is 2.94. The van der Waals surface area contributed by atoms with E-state index in [9.17, 15) is 4.79 Å². The van der Waals surface area contributed by atoms with Gasteiger partial charge in [0.2, 0.25) is 0 Å². The summed E-state index contributed by atoms with van der Waals surface area (Å²) in [6.07, 6.45) is 4.98. The predicted octanol–water partition coefficient (Wildman–Crippen LogP) is 1.55. The van der Waals surface area contributed by atoms with E-state index in [0.717, 1.165) is 42.9 Å². The molecule has 1 unspecified atom stereocenters. The van der Waals surface area contributed by atoms with E-state index in [1.54, 1.807) is 0 Å². The lowest BCUT2D eigenvalue weighted by atomic mass is 10.0. The summed E-state index contributed by atoms with van der Waals surface area (Å²) in [5.41, 5.74) is 14.8. The number of carbonyl (C=O) groups is 1. The van der Waals surface area contributed by atoms with Gasteiger partial charge in [-0.3, -0.25) is 4.79 Å². The van der Waals surface area contributed by atoms with Crippen LogP contribution in [0, 0.1) is 6.92 Å². The molecule has 7 heteroatoms. The average molecular weight is 326 g/mol. The molecule has 2 heterocycles. The molecule has 0 radical (unpaired) electrons. The van der Waals surface area contributed by atoms with Gasteiger partial charge in [-0.05, 0) is 37.5 Å². The van der Waals surface area contributed by atoms with Crippen LogP contribution in [0.1, 0.15) is 28.9 Å². The second kappa shape index (κ2) is 6.84. The number of amides is 1. The summed E-state index contributed by atoms with van der Waals surface area (Å²) in [4.78, 5) is 22.6. The highest BCUT2D eigenvalue weighted by Gasteiger charge is 2.21. The number of benzene rings is 1. The van der Waals surface area contributed by atoms with Gasteiger partial charge in [-0.2, -0.15) is 0 Å². The number of hydrogen-bond donors (Lipinski definition) is 3. The third kappa shape index (κ3) is 3.46. The van der Waals surface area contributed by atoms with Crippen LogP contribution < -0.4 is 21.7 Å². The third-order valence-corrected chi connectivity index (χ3v) is 4.14. The van der Waals surface area contributed by atoms with Gasteiger partial charge in [0.05, 0.1) is 11.4 Å². The Morgan fingerprint density at radius 2 is 2.12 bits per heavy atom. The highest BCUT2D eigenvalue weighted by molar-refractivity contribution is 6.07. The van der Waals surface area contributed by atoms with Gasteiger partial charge in [0, 0.05) is 31.5 Å². The minimum atomic E-state index is -0.369. The van der Waals surface area contributed by atoms with E-state index in [-0.39, 0.29) is 23.5 Å². The largest absolute Gasteiger partial charge is 0.382 e. The van der Waals surface area contributed by atoms with Crippen molar-refractivity contribution in [2.24, 2.45) is 5.73 Å². The summed E-state index contributed by atoms with van der Waals surface area (Å²) in [7, 11) is 0. The second-order valence-electron chi connectivity index (χ2n) is 6.11. The number of aromatic nitrogens is 2. The van der Waals surface area contributed by atoms with Crippen molar-refractivity contribution >= 4 is 23.1 Å². The lowest BCUT2D eigenvalue weighted by Crippen LogP contribution is -2.43. The first-order chi connectivity index (χ1) is 11.5. The molecule has 1 aliphatic heterocycles. The molecule has 0 spiro atoms. The topological polar surface area (TPSA) is 110 Å². The Bertz CT molecular complexity index is 748. The number of piperidine rings is 1. The Labute approximate surface area is 141 Å². The molecule has 1 aromatic carbocycles. The second-order valence-corrected chi connectivity index (χ2v) is 6.11. The van der Waals surface area contributed by atoms with Crippen molar-refractivity contribution in [2.75, 3.05) is 29.0 Å². The summed E-state index contributed by atoms with van der Waals surface area (Å²) in [6, 6.07) is 6.07. The molecule has 2 aromatic rings. The molecule has 0 bridgehead atoms. The van der Waals surface area contributed by atoms with Crippen LogP contribution in [-0.4, -0.2) is 35.0 Å². The first-order valence-corrected chi connectivity index (χ1v) is 8.03. The molecular weight excluding hydrogens is 304 g/mol. The monoisotopic (exact) mass is 326 g/mol. The molecule has 126 valence electrons. The number of nitrogen functional groups attached to an aromatic ring is 1. The number of anilines is 3. The van der Waals surface area contributed by atoms with Crippen LogP contribution in [-0.2, 0) is 0 Å². The van der Waals surface area contributed by atoms with E-state index in [1.807, 2.05) is 19.1 Å². The molecule has 1 aliphatic rings. The van der Waals surface area contributed by atoms with Gasteiger partial charge in [-0.25, -0.2) is 9.97 Å². The molecular formula is C17H22N6O. The Morgan fingerprint density at radius 3 is 2.88 bits per heavy atom. The van der Waals surface area contributed by atoms with Crippen molar-refractivity contribution in [2.45, 2.75) is 25.8 Å². The van der Waals surface area contributed by atoms with Gasteiger partial charge in [0.1, 0.15) is 0 Å². The summed E-state index contributed by atoms with van der Waals surface area (Å²) < 4.78 is 0. The van der Waals surface area contributed by atoms with Crippen LogP contribution in [0.3, 0.4) is 0 Å². The summed E-state index contributed by atoms with van der Waals surface area (Å²) in [5, 5.41) is 2.90. The first-order valence-electron chi connectivity index (χ1n) is 8.03. The van der Waals surface area contributed by atoms with Crippen LogP contribution >= 0.6 is 0 Å². The molecule has 7 nitrogen and oxygen atoms in total. The molecule has 1 amide bonds. The molecule has 3 rings (SSSR count). The summed E-state index contributed by atoms with van der Waals surface area (Å²) in [6.45, 7) is 3.73. The van der Waals surface area contributed by atoms with Gasteiger partial charge in [0.25, 0.3) is 5.91 Å². The number of carbonyl (C=O) groups excluding carboxylic acids is 1. The van der Waals surface area contributed by atoms with Gasteiger partial charge in [-0.15, -0.1) is 0 Å². The molecule has 1 saturated heterocycles. The molecule has 0 aliphatic carbocycles. The molecule has 1 fully saturated rings. The predicted molar refractivity (Wildman–Crippen MR) is 95.0 cm³/mol. The maximum atomic E-state index is 12.5. The molecule has 1 atom stereocenters. The zero-order valence-electron chi connectivity index (χ0n) is 13.7. The lowest BCUT2D eigenvalue weighted by Gasteiger charge is -2.34. The van der Waals surface area contributed by atoms with Gasteiger partial charge in [0.15, 0.2) is 11.5 Å². The maximum absolute atomic E-state index is 12.5. The normalized spacial score (nSPS) is 17.6. The van der Waals surface area contributed by atoms with E-state index in [2.05, 4.69) is 26.3 Å². The Hall–Kier alpha value is -2.67. The van der Waals surface area contributed by atoms with E-state index < -0.39 is 0 Å². The van der Waals surface area contributed by atoms with Crippen molar-refractivity contribution in [1.29, 1.82) is 0 Å². The highest BCUT2D eigenvalue weighted by atomic mass is 16.1. The fraction of sp³-hybridized carbons (Fsp3) is 0.353. The minimum Gasteiger partial charge on any atom is -0.382 e. The van der Waals surface area contributed by atoms with Crippen molar-refractivity contribution in [1.82, 2.24) is 9.97 Å². The zero-order chi connectivity index (χ0) is 17.1. The summed E-state index contributed by atoms with van der Waals surface area (Å²) in [5.74, 6) is -0.254. The smallest absolute Gasteiger partial charge is 0.278 e. The van der Waals surface area contributed by atoms with E-state index in [4.69, 9.17) is 11.5 Å². The van der Waals surface area contributed by atoms with Crippen LogP contribution in [0.2, 0.25) is 0 Å².